The summed E-state index contributed by atoms with van der Waals surface area (Å²) in [6, 6.07) is 12.5. The molecule has 1 amide bonds. The minimum absolute atomic E-state index is 0.147. The van der Waals surface area contributed by atoms with Gasteiger partial charge in [0, 0.05) is 12.5 Å². The highest BCUT2D eigenvalue weighted by atomic mass is 19.2. The van der Waals surface area contributed by atoms with Crippen molar-refractivity contribution in [3.05, 3.63) is 71.3 Å². The largest absolute Gasteiger partial charge is 0.449 e. The summed E-state index contributed by atoms with van der Waals surface area (Å²) >= 11 is 0. The molecular formula is C20H21F2NO3. The van der Waals surface area contributed by atoms with Crippen LogP contribution in [0.25, 0.3) is 0 Å². The molecule has 0 bridgehead atoms. The molecule has 138 valence electrons. The molecule has 0 aliphatic rings. The highest BCUT2D eigenvalue weighted by molar-refractivity contribution is 5.92. The van der Waals surface area contributed by atoms with Gasteiger partial charge in [0.25, 0.3) is 5.91 Å². The van der Waals surface area contributed by atoms with E-state index in [2.05, 4.69) is 5.32 Å². The molecular weight excluding hydrogens is 340 g/mol. The lowest BCUT2D eigenvalue weighted by Gasteiger charge is -2.18. The van der Waals surface area contributed by atoms with Crippen LogP contribution in [-0.2, 0) is 9.53 Å². The summed E-state index contributed by atoms with van der Waals surface area (Å²) < 4.78 is 31.1. The molecule has 2 rings (SSSR count). The fraction of sp³-hybridized carbons (Fsp3) is 0.300. The van der Waals surface area contributed by atoms with E-state index in [0.717, 1.165) is 30.2 Å². The zero-order chi connectivity index (χ0) is 19.1. The minimum atomic E-state index is -1.15. The van der Waals surface area contributed by atoms with Crippen molar-refractivity contribution in [1.29, 1.82) is 0 Å². The Bertz CT molecular complexity index is 765. The molecule has 0 saturated carbocycles. The van der Waals surface area contributed by atoms with Crippen molar-refractivity contribution in [3.63, 3.8) is 0 Å². The predicted molar refractivity (Wildman–Crippen MR) is 93.7 cm³/mol. The van der Waals surface area contributed by atoms with Gasteiger partial charge in [-0.2, -0.15) is 0 Å². The SMILES string of the molecule is CC[C@H](CNC(=O)[C@@H](C)OC(=O)c1ccc(F)c(F)c1)c1ccccc1. The lowest BCUT2D eigenvalue weighted by molar-refractivity contribution is -0.129. The van der Waals surface area contributed by atoms with Crippen LogP contribution in [0.3, 0.4) is 0 Å². The monoisotopic (exact) mass is 361 g/mol. The molecule has 0 saturated heterocycles. The van der Waals surface area contributed by atoms with Crippen molar-refractivity contribution >= 4 is 11.9 Å². The van der Waals surface area contributed by atoms with Gasteiger partial charge in [-0.05, 0) is 37.1 Å². The van der Waals surface area contributed by atoms with E-state index in [1.54, 1.807) is 0 Å². The Morgan fingerprint density at radius 1 is 1.08 bits per heavy atom. The van der Waals surface area contributed by atoms with Gasteiger partial charge in [0.1, 0.15) is 0 Å². The number of amides is 1. The maximum Gasteiger partial charge on any atom is 0.339 e. The number of carbonyl (C=O) groups excluding carboxylic acids is 2. The van der Waals surface area contributed by atoms with Crippen LogP contribution in [0.15, 0.2) is 48.5 Å². The van der Waals surface area contributed by atoms with Crippen LogP contribution < -0.4 is 5.32 Å². The van der Waals surface area contributed by atoms with Crippen molar-refractivity contribution in [1.82, 2.24) is 5.32 Å². The molecule has 0 unspecified atom stereocenters. The second-order valence-corrected chi connectivity index (χ2v) is 5.94. The Kier molecular flexibility index (Phi) is 6.83. The first kappa shape index (κ1) is 19.6. The Hall–Kier alpha value is -2.76. The first-order chi connectivity index (χ1) is 12.4. The molecule has 26 heavy (non-hydrogen) atoms. The van der Waals surface area contributed by atoms with Gasteiger partial charge in [0.2, 0.25) is 0 Å². The lowest BCUT2D eigenvalue weighted by atomic mass is 9.96. The van der Waals surface area contributed by atoms with Crippen LogP contribution in [0.1, 0.15) is 42.1 Å². The summed E-state index contributed by atoms with van der Waals surface area (Å²) in [5.41, 5.74) is 0.959. The van der Waals surface area contributed by atoms with Gasteiger partial charge in [-0.1, -0.05) is 37.3 Å². The molecule has 0 aliphatic heterocycles. The zero-order valence-corrected chi connectivity index (χ0v) is 14.7. The van der Waals surface area contributed by atoms with E-state index in [0.29, 0.717) is 6.54 Å². The summed E-state index contributed by atoms with van der Waals surface area (Å²) in [7, 11) is 0. The summed E-state index contributed by atoms with van der Waals surface area (Å²) in [4.78, 5) is 24.1. The molecule has 0 spiro atoms. The third kappa shape index (κ3) is 5.12. The number of nitrogens with one attached hydrogen (secondary N) is 1. The van der Waals surface area contributed by atoms with E-state index >= 15 is 0 Å². The van der Waals surface area contributed by atoms with Crippen molar-refractivity contribution in [3.8, 4) is 0 Å². The molecule has 4 nitrogen and oxygen atoms in total. The molecule has 0 aliphatic carbocycles. The van der Waals surface area contributed by atoms with Gasteiger partial charge < -0.3 is 10.1 Å². The minimum Gasteiger partial charge on any atom is -0.449 e. The van der Waals surface area contributed by atoms with E-state index in [1.165, 1.54) is 6.92 Å². The molecule has 1 N–H and O–H groups in total. The van der Waals surface area contributed by atoms with Gasteiger partial charge in [-0.25, -0.2) is 13.6 Å². The summed E-state index contributed by atoms with van der Waals surface area (Å²) in [5.74, 6) is -3.39. The van der Waals surface area contributed by atoms with Crippen LogP contribution in [0.2, 0.25) is 0 Å². The highest BCUT2D eigenvalue weighted by Gasteiger charge is 2.21. The molecule has 0 heterocycles. The average molecular weight is 361 g/mol. The van der Waals surface area contributed by atoms with Gasteiger partial charge in [-0.3, -0.25) is 4.79 Å². The molecule has 2 aromatic carbocycles. The Labute approximate surface area is 151 Å². The Balaban J connectivity index is 1.90. The van der Waals surface area contributed by atoms with Gasteiger partial charge >= 0.3 is 5.97 Å². The third-order valence-electron chi connectivity index (χ3n) is 4.09. The second kappa shape index (κ2) is 9.08. The van der Waals surface area contributed by atoms with Crippen LogP contribution in [0.5, 0.6) is 0 Å². The van der Waals surface area contributed by atoms with Crippen LogP contribution in [0.4, 0.5) is 8.78 Å². The van der Waals surface area contributed by atoms with E-state index in [4.69, 9.17) is 4.74 Å². The number of rotatable bonds is 7. The summed E-state index contributed by atoms with van der Waals surface area (Å²) in [6.07, 6.45) is -0.211. The second-order valence-electron chi connectivity index (χ2n) is 5.94. The lowest BCUT2D eigenvalue weighted by Crippen LogP contribution is -2.38. The molecule has 0 aromatic heterocycles. The zero-order valence-electron chi connectivity index (χ0n) is 14.7. The third-order valence-corrected chi connectivity index (χ3v) is 4.09. The number of carbonyl (C=O) groups is 2. The standard InChI is InChI=1S/C20H21F2NO3/c1-3-14(15-7-5-4-6-8-15)12-23-19(24)13(2)26-20(25)16-9-10-17(21)18(22)11-16/h4-11,13-14H,3,12H2,1-2H3,(H,23,24)/t13-,14-/m1/s1. The number of halogens is 2. The topological polar surface area (TPSA) is 55.4 Å². The molecule has 2 atom stereocenters. The van der Waals surface area contributed by atoms with Gasteiger partial charge in [0.15, 0.2) is 17.7 Å². The van der Waals surface area contributed by atoms with E-state index in [-0.39, 0.29) is 11.5 Å². The number of ether oxygens (including phenoxy) is 1. The maximum absolute atomic E-state index is 13.2. The highest BCUT2D eigenvalue weighted by Crippen LogP contribution is 2.18. The Morgan fingerprint density at radius 2 is 1.77 bits per heavy atom. The van der Waals surface area contributed by atoms with Crippen molar-refractivity contribution in [2.75, 3.05) is 6.54 Å². The molecule has 2 aromatic rings. The average Bonchev–Trinajstić information content (AvgIpc) is 2.65. The predicted octanol–water partition coefficient (Wildman–Crippen LogP) is 3.82. The quantitative estimate of drug-likeness (QED) is 0.763. The van der Waals surface area contributed by atoms with Gasteiger partial charge in [0.05, 0.1) is 5.56 Å². The fourth-order valence-corrected chi connectivity index (χ4v) is 2.50. The fourth-order valence-electron chi connectivity index (χ4n) is 2.50. The van der Waals surface area contributed by atoms with Crippen LogP contribution >= 0.6 is 0 Å². The Morgan fingerprint density at radius 3 is 2.38 bits per heavy atom. The van der Waals surface area contributed by atoms with Crippen molar-refractivity contribution in [2.45, 2.75) is 32.3 Å². The van der Waals surface area contributed by atoms with E-state index in [9.17, 15) is 18.4 Å². The number of hydrogen-bond acceptors (Lipinski definition) is 3. The summed E-state index contributed by atoms with van der Waals surface area (Å²) in [6.45, 7) is 3.86. The van der Waals surface area contributed by atoms with Crippen molar-refractivity contribution in [2.24, 2.45) is 0 Å². The van der Waals surface area contributed by atoms with Crippen LogP contribution in [0, 0.1) is 11.6 Å². The number of hydrogen-bond donors (Lipinski definition) is 1. The van der Waals surface area contributed by atoms with Crippen LogP contribution in [-0.4, -0.2) is 24.5 Å². The van der Waals surface area contributed by atoms with E-state index < -0.39 is 29.6 Å². The first-order valence-electron chi connectivity index (χ1n) is 8.41. The van der Waals surface area contributed by atoms with Gasteiger partial charge in [-0.15, -0.1) is 0 Å². The van der Waals surface area contributed by atoms with E-state index in [1.807, 2.05) is 37.3 Å². The molecule has 0 fully saturated rings. The number of esters is 1. The molecule has 0 radical (unpaired) electrons. The normalized spacial score (nSPS) is 12.9. The maximum atomic E-state index is 13.2. The smallest absolute Gasteiger partial charge is 0.339 e. The summed E-state index contributed by atoms with van der Waals surface area (Å²) in [5, 5.41) is 2.76. The first-order valence-corrected chi connectivity index (χ1v) is 8.41. The van der Waals surface area contributed by atoms with Crippen molar-refractivity contribution < 1.29 is 23.1 Å². The molecule has 6 heteroatoms. The number of benzene rings is 2.